The van der Waals surface area contributed by atoms with E-state index in [9.17, 15) is 0 Å². The van der Waals surface area contributed by atoms with Gasteiger partial charge < -0.3 is 15.4 Å². The summed E-state index contributed by atoms with van der Waals surface area (Å²) in [7, 11) is 0. The third-order valence-electron chi connectivity index (χ3n) is 2.90. The Kier molecular flexibility index (Phi) is 9.24. The molecule has 0 aliphatic carbocycles. The minimum Gasteiger partial charge on any atom is -0.463 e. The highest BCUT2D eigenvalue weighted by Crippen LogP contribution is 2.12. The van der Waals surface area contributed by atoms with Gasteiger partial charge in [0, 0.05) is 13.1 Å². The molecule has 0 aromatic carbocycles. The molecular formula is C15H29N5O. The van der Waals surface area contributed by atoms with Gasteiger partial charge in [-0.2, -0.15) is 15.0 Å². The molecule has 0 saturated heterocycles. The smallest absolute Gasteiger partial charge is 0.323 e. The molecule has 0 spiro atoms. The Morgan fingerprint density at radius 2 is 1.48 bits per heavy atom. The van der Waals surface area contributed by atoms with Crippen LogP contribution in [0.5, 0.6) is 6.01 Å². The zero-order chi connectivity index (χ0) is 15.3. The van der Waals surface area contributed by atoms with Crippen LogP contribution in [-0.2, 0) is 0 Å². The number of nitrogens with zero attached hydrogens (tertiary/aromatic N) is 3. The number of nitrogens with one attached hydrogen (secondary N) is 2. The molecule has 120 valence electrons. The number of rotatable bonds is 12. The van der Waals surface area contributed by atoms with Crippen molar-refractivity contribution in [2.45, 2.75) is 59.3 Å². The Morgan fingerprint density at radius 3 is 2.10 bits per heavy atom. The topological polar surface area (TPSA) is 72.0 Å². The summed E-state index contributed by atoms with van der Waals surface area (Å²) in [5.41, 5.74) is 0. The second kappa shape index (κ2) is 11.1. The molecule has 0 saturated carbocycles. The molecule has 6 heteroatoms. The summed E-state index contributed by atoms with van der Waals surface area (Å²) < 4.78 is 5.52. The molecule has 1 heterocycles. The van der Waals surface area contributed by atoms with Crippen molar-refractivity contribution < 1.29 is 4.74 Å². The Hall–Kier alpha value is -1.59. The first-order valence-electron chi connectivity index (χ1n) is 8.16. The molecule has 6 nitrogen and oxygen atoms in total. The van der Waals surface area contributed by atoms with Gasteiger partial charge in [0.15, 0.2) is 0 Å². The highest BCUT2D eigenvalue weighted by molar-refractivity contribution is 5.35. The summed E-state index contributed by atoms with van der Waals surface area (Å²) in [5, 5.41) is 6.44. The van der Waals surface area contributed by atoms with E-state index in [1.165, 1.54) is 19.3 Å². The van der Waals surface area contributed by atoms with Gasteiger partial charge in [-0.1, -0.05) is 40.0 Å². The van der Waals surface area contributed by atoms with E-state index in [0.29, 0.717) is 24.5 Å². The fourth-order valence-corrected chi connectivity index (χ4v) is 1.76. The fraction of sp³-hybridized carbons (Fsp3) is 0.800. The summed E-state index contributed by atoms with van der Waals surface area (Å²) in [6, 6.07) is 0.390. The maximum Gasteiger partial charge on any atom is 0.323 e. The summed E-state index contributed by atoms with van der Waals surface area (Å²) in [4.78, 5) is 12.9. The molecule has 0 radical (unpaired) electrons. The number of anilines is 2. The second-order valence-corrected chi connectivity index (χ2v) is 5.03. The fourth-order valence-electron chi connectivity index (χ4n) is 1.76. The predicted octanol–water partition coefficient (Wildman–Crippen LogP) is 3.47. The van der Waals surface area contributed by atoms with E-state index in [1.54, 1.807) is 0 Å². The Balaban J connectivity index is 2.57. The van der Waals surface area contributed by atoms with E-state index in [4.69, 9.17) is 4.74 Å². The molecule has 0 unspecified atom stereocenters. The molecule has 0 bridgehead atoms. The van der Waals surface area contributed by atoms with Crippen LogP contribution in [0.3, 0.4) is 0 Å². The number of aromatic nitrogens is 3. The summed E-state index contributed by atoms with van der Waals surface area (Å²) in [6.07, 6.45) is 6.83. The maximum atomic E-state index is 5.52. The van der Waals surface area contributed by atoms with Crippen LogP contribution in [0.4, 0.5) is 11.9 Å². The van der Waals surface area contributed by atoms with E-state index >= 15 is 0 Å². The Bertz CT molecular complexity index is 360. The molecule has 2 N–H and O–H groups in total. The Labute approximate surface area is 128 Å². The number of hydrogen-bond donors (Lipinski definition) is 2. The summed E-state index contributed by atoms with van der Waals surface area (Å²) in [5.74, 6) is 1.17. The molecule has 21 heavy (non-hydrogen) atoms. The molecule has 0 amide bonds. The SMILES string of the molecule is CCCCCCNc1nc(NCCC)nc(OCCC)n1. The normalized spacial score (nSPS) is 10.4. The molecule has 1 aromatic rings. The van der Waals surface area contributed by atoms with Gasteiger partial charge in [0.25, 0.3) is 0 Å². The van der Waals surface area contributed by atoms with Gasteiger partial charge in [-0.25, -0.2) is 0 Å². The van der Waals surface area contributed by atoms with Crippen molar-refractivity contribution in [1.29, 1.82) is 0 Å². The van der Waals surface area contributed by atoms with Gasteiger partial charge >= 0.3 is 6.01 Å². The first kappa shape index (κ1) is 17.5. The Morgan fingerprint density at radius 1 is 0.762 bits per heavy atom. The lowest BCUT2D eigenvalue weighted by Gasteiger charge is -2.10. The van der Waals surface area contributed by atoms with Crippen LogP contribution in [0.25, 0.3) is 0 Å². The highest BCUT2D eigenvalue weighted by atomic mass is 16.5. The largest absolute Gasteiger partial charge is 0.463 e. The van der Waals surface area contributed by atoms with Crippen LogP contribution >= 0.6 is 0 Å². The molecule has 0 fully saturated rings. The van der Waals surface area contributed by atoms with Crippen LogP contribution in [0.1, 0.15) is 59.3 Å². The first-order valence-corrected chi connectivity index (χ1v) is 8.16. The van der Waals surface area contributed by atoms with Crippen LogP contribution in [-0.4, -0.2) is 34.6 Å². The van der Waals surface area contributed by atoms with E-state index in [-0.39, 0.29) is 0 Å². The van der Waals surface area contributed by atoms with Gasteiger partial charge in [0.2, 0.25) is 11.9 Å². The molecule has 0 aliphatic rings. The minimum atomic E-state index is 0.390. The van der Waals surface area contributed by atoms with Crippen molar-refractivity contribution in [2.24, 2.45) is 0 Å². The molecule has 1 aromatic heterocycles. The van der Waals surface area contributed by atoms with Gasteiger partial charge in [0.1, 0.15) is 0 Å². The predicted molar refractivity (Wildman–Crippen MR) is 87.0 cm³/mol. The molecule has 0 atom stereocenters. The van der Waals surface area contributed by atoms with Crippen molar-refractivity contribution in [3.63, 3.8) is 0 Å². The van der Waals surface area contributed by atoms with Gasteiger partial charge in [-0.3, -0.25) is 0 Å². The lowest BCUT2D eigenvalue weighted by molar-refractivity contribution is 0.292. The van der Waals surface area contributed by atoms with Gasteiger partial charge in [-0.15, -0.1) is 0 Å². The van der Waals surface area contributed by atoms with Gasteiger partial charge in [-0.05, 0) is 19.3 Å². The standard InChI is InChI=1S/C15H29N5O/c1-4-7-8-9-11-17-14-18-13(16-10-5-2)19-15(20-14)21-12-6-3/h4-12H2,1-3H3,(H2,16,17,18,19,20). The van der Waals surface area contributed by atoms with Crippen molar-refractivity contribution >= 4 is 11.9 Å². The third kappa shape index (κ3) is 7.68. The van der Waals surface area contributed by atoms with E-state index in [0.717, 1.165) is 32.4 Å². The lowest BCUT2D eigenvalue weighted by atomic mass is 10.2. The zero-order valence-corrected chi connectivity index (χ0v) is 13.6. The average Bonchev–Trinajstić information content (AvgIpc) is 2.50. The quantitative estimate of drug-likeness (QED) is 0.575. The monoisotopic (exact) mass is 295 g/mol. The molecule has 1 rings (SSSR count). The number of ether oxygens (including phenoxy) is 1. The van der Waals surface area contributed by atoms with Crippen LogP contribution in [0.2, 0.25) is 0 Å². The van der Waals surface area contributed by atoms with Crippen LogP contribution in [0, 0.1) is 0 Å². The average molecular weight is 295 g/mol. The molecular weight excluding hydrogens is 266 g/mol. The summed E-state index contributed by atoms with van der Waals surface area (Å²) in [6.45, 7) is 8.72. The van der Waals surface area contributed by atoms with Crippen molar-refractivity contribution in [3.8, 4) is 6.01 Å². The van der Waals surface area contributed by atoms with Crippen molar-refractivity contribution in [1.82, 2.24) is 15.0 Å². The van der Waals surface area contributed by atoms with Gasteiger partial charge in [0.05, 0.1) is 6.61 Å². The second-order valence-electron chi connectivity index (χ2n) is 5.03. The number of hydrogen-bond acceptors (Lipinski definition) is 6. The van der Waals surface area contributed by atoms with Crippen molar-refractivity contribution in [3.05, 3.63) is 0 Å². The van der Waals surface area contributed by atoms with Crippen molar-refractivity contribution in [2.75, 3.05) is 30.3 Å². The highest BCUT2D eigenvalue weighted by Gasteiger charge is 2.06. The minimum absolute atomic E-state index is 0.390. The third-order valence-corrected chi connectivity index (χ3v) is 2.90. The first-order chi connectivity index (χ1) is 10.3. The summed E-state index contributed by atoms with van der Waals surface area (Å²) >= 11 is 0. The molecule has 0 aliphatic heterocycles. The van der Waals surface area contributed by atoms with Crippen LogP contribution < -0.4 is 15.4 Å². The van der Waals surface area contributed by atoms with E-state index in [1.807, 2.05) is 0 Å². The zero-order valence-electron chi connectivity index (χ0n) is 13.6. The van der Waals surface area contributed by atoms with Crippen LogP contribution in [0.15, 0.2) is 0 Å². The maximum absolute atomic E-state index is 5.52. The van der Waals surface area contributed by atoms with E-state index in [2.05, 4.69) is 46.4 Å². The lowest BCUT2D eigenvalue weighted by Crippen LogP contribution is -2.12. The number of unbranched alkanes of at least 4 members (excludes halogenated alkanes) is 3. The van der Waals surface area contributed by atoms with E-state index < -0.39 is 0 Å².